The molecule has 0 saturated carbocycles. The van der Waals surface area contributed by atoms with Gasteiger partial charge in [-0.05, 0) is 25.1 Å². The largest absolute Gasteiger partial charge is 0.350 e. The van der Waals surface area contributed by atoms with E-state index in [0.717, 1.165) is 16.3 Å². The van der Waals surface area contributed by atoms with E-state index in [1.54, 1.807) is 29.5 Å². The van der Waals surface area contributed by atoms with Crippen molar-refractivity contribution in [1.29, 1.82) is 0 Å². The molecule has 0 fully saturated rings. The lowest BCUT2D eigenvalue weighted by Crippen LogP contribution is -2.26. The number of halogens is 1. The second-order valence-electron chi connectivity index (χ2n) is 6.40. The van der Waals surface area contributed by atoms with Gasteiger partial charge in [0.05, 0.1) is 5.69 Å². The van der Waals surface area contributed by atoms with Crippen molar-refractivity contribution in [1.82, 2.24) is 15.3 Å². The number of nitrogens with one attached hydrogen (secondary N) is 2. The Bertz CT molecular complexity index is 1100. The fourth-order valence-electron chi connectivity index (χ4n) is 2.89. The van der Waals surface area contributed by atoms with Gasteiger partial charge in [0.1, 0.15) is 16.5 Å². The Morgan fingerprint density at radius 2 is 2.04 bits per heavy atom. The summed E-state index contributed by atoms with van der Waals surface area (Å²) in [6, 6.07) is 14.5. The summed E-state index contributed by atoms with van der Waals surface area (Å²) in [7, 11) is 0. The van der Waals surface area contributed by atoms with Crippen LogP contribution in [0.2, 0.25) is 0 Å². The van der Waals surface area contributed by atoms with Crippen LogP contribution in [0, 0.1) is 12.7 Å². The van der Waals surface area contributed by atoms with Crippen molar-refractivity contribution in [3.63, 3.8) is 0 Å². The average molecular weight is 379 g/mol. The fraction of sp³-hybridized carbons (Fsp3) is 0.143. The van der Waals surface area contributed by atoms with Gasteiger partial charge in [-0.1, -0.05) is 35.9 Å². The summed E-state index contributed by atoms with van der Waals surface area (Å²) in [6.07, 6.45) is 0.642. The molecule has 4 rings (SSSR count). The second kappa shape index (κ2) is 7.32. The lowest BCUT2D eigenvalue weighted by Gasteiger charge is -2.02. The molecule has 0 bridgehead atoms. The van der Waals surface area contributed by atoms with Gasteiger partial charge in [0.15, 0.2) is 0 Å². The van der Waals surface area contributed by atoms with Crippen LogP contribution in [0.25, 0.3) is 21.5 Å². The van der Waals surface area contributed by atoms with Crippen LogP contribution in [0.15, 0.2) is 53.9 Å². The standard InChI is InChI=1S/C21H18FN3OS/c1-13-5-7-14(8-6-13)21-24-15(12-27-21)9-10-23-20(26)19-11-16-17(22)3-2-4-18(16)25-19/h2-8,11-12,25H,9-10H2,1H3,(H,23,26). The third-order valence-corrected chi connectivity index (χ3v) is 5.31. The highest BCUT2D eigenvalue weighted by atomic mass is 32.1. The smallest absolute Gasteiger partial charge is 0.267 e. The van der Waals surface area contributed by atoms with Crippen LogP contribution in [0.3, 0.4) is 0 Å². The van der Waals surface area contributed by atoms with Crippen LogP contribution in [-0.4, -0.2) is 22.4 Å². The van der Waals surface area contributed by atoms with Crippen molar-refractivity contribution in [2.75, 3.05) is 6.54 Å². The quantitative estimate of drug-likeness (QED) is 0.527. The van der Waals surface area contributed by atoms with E-state index in [4.69, 9.17) is 0 Å². The van der Waals surface area contributed by atoms with E-state index in [1.165, 1.54) is 11.6 Å². The maximum atomic E-state index is 13.7. The first-order valence-corrected chi connectivity index (χ1v) is 9.55. The molecule has 4 nitrogen and oxygen atoms in total. The van der Waals surface area contributed by atoms with E-state index < -0.39 is 0 Å². The minimum atomic E-state index is -0.339. The van der Waals surface area contributed by atoms with Gasteiger partial charge in [0, 0.05) is 34.8 Å². The molecule has 0 spiro atoms. The highest BCUT2D eigenvalue weighted by molar-refractivity contribution is 7.13. The Morgan fingerprint density at radius 3 is 2.81 bits per heavy atom. The second-order valence-corrected chi connectivity index (χ2v) is 7.26. The minimum absolute atomic E-state index is 0.250. The molecule has 0 unspecified atom stereocenters. The SMILES string of the molecule is Cc1ccc(-c2nc(CCNC(=O)c3cc4c(F)cccc4[nH]3)cs2)cc1. The van der Waals surface area contributed by atoms with Gasteiger partial charge in [0.2, 0.25) is 0 Å². The zero-order valence-corrected chi connectivity index (χ0v) is 15.6. The summed E-state index contributed by atoms with van der Waals surface area (Å²) in [5.41, 5.74) is 4.23. The van der Waals surface area contributed by atoms with E-state index in [1.807, 2.05) is 5.38 Å². The Labute approximate surface area is 160 Å². The molecule has 0 aliphatic rings. The molecule has 0 saturated heterocycles. The Balaban J connectivity index is 1.37. The van der Waals surface area contributed by atoms with Crippen molar-refractivity contribution in [2.45, 2.75) is 13.3 Å². The van der Waals surface area contributed by atoms with Crippen molar-refractivity contribution >= 4 is 28.1 Å². The molecule has 2 aromatic heterocycles. The lowest BCUT2D eigenvalue weighted by molar-refractivity contribution is 0.0950. The third kappa shape index (κ3) is 3.75. The first kappa shape index (κ1) is 17.4. The molecule has 4 aromatic rings. The van der Waals surface area contributed by atoms with E-state index >= 15 is 0 Å². The monoisotopic (exact) mass is 379 g/mol. The molecular formula is C21H18FN3OS. The number of carbonyl (C=O) groups is 1. The summed E-state index contributed by atoms with van der Waals surface area (Å²) in [4.78, 5) is 19.9. The van der Waals surface area contributed by atoms with Crippen molar-refractivity contribution in [3.05, 3.63) is 76.7 Å². The van der Waals surface area contributed by atoms with Gasteiger partial charge < -0.3 is 10.3 Å². The number of hydrogen-bond acceptors (Lipinski definition) is 3. The van der Waals surface area contributed by atoms with Crippen LogP contribution in [0.4, 0.5) is 4.39 Å². The third-order valence-electron chi connectivity index (χ3n) is 4.37. The van der Waals surface area contributed by atoms with Gasteiger partial charge in [-0.25, -0.2) is 9.37 Å². The van der Waals surface area contributed by atoms with Crippen molar-refractivity contribution in [3.8, 4) is 10.6 Å². The number of fused-ring (bicyclic) bond motifs is 1. The summed E-state index contributed by atoms with van der Waals surface area (Å²) >= 11 is 1.60. The Kier molecular flexibility index (Phi) is 4.73. The maximum Gasteiger partial charge on any atom is 0.267 e. The Hall–Kier alpha value is -2.99. The topological polar surface area (TPSA) is 57.8 Å². The summed E-state index contributed by atoms with van der Waals surface area (Å²) in [6.45, 7) is 2.52. The summed E-state index contributed by atoms with van der Waals surface area (Å²) in [5.74, 6) is -0.589. The van der Waals surface area contributed by atoms with Crippen LogP contribution in [0.5, 0.6) is 0 Å². The maximum absolute atomic E-state index is 13.7. The van der Waals surface area contributed by atoms with Crippen LogP contribution < -0.4 is 5.32 Å². The van der Waals surface area contributed by atoms with E-state index in [9.17, 15) is 9.18 Å². The molecule has 2 heterocycles. The number of amides is 1. The number of hydrogen-bond donors (Lipinski definition) is 2. The molecule has 0 aliphatic carbocycles. The molecule has 1 amide bonds. The highest BCUT2D eigenvalue weighted by Gasteiger charge is 2.12. The predicted molar refractivity (Wildman–Crippen MR) is 107 cm³/mol. The number of aromatic amines is 1. The number of H-pyrrole nitrogens is 1. The molecular weight excluding hydrogens is 361 g/mol. The minimum Gasteiger partial charge on any atom is -0.350 e. The molecule has 2 N–H and O–H groups in total. The van der Waals surface area contributed by atoms with Gasteiger partial charge in [-0.3, -0.25) is 4.79 Å². The molecule has 6 heteroatoms. The van der Waals surface area contributed by atoms with Gasteiger partial charge >= 0.3 is 0 Å². The molecule has 136 valence electrons. The molecule has 0 radical (unpaired) electrons. The molecule has 2 aromatic carbocycles. The number of aromatic nitrogens is 2. The Morgan fingerprint density at radius 1 is 1.22 bits per heavy atom. The number of nitrogens with zero attached hydrogens (tertiary/aromatic N) is 1. The van der Waals surface area contributed by atoms with Gasteiger partial charge in [0.25, 0.3) is 5.91 Å². The van der Waals surface area contributed by atoms with Gasteiger partial charge in [-0.15, -0.1) is 11.3 Å². The average Bonchev–Trinajstić information content (AvgIpc) is 3.30. The number of carbonyl (C=O) groups excluding carboxylic acids is 1. The van der Waals surface area contributed by atoms with Crippen LogP contribution >= 0.6 is 11.3 Å². The number of benzene rings is 2. The zero-order chi connectivity index (χ0) is 18.8. The highest BCUT2D eigenvalue weighted by Crippen LogP contribution is 2.24. The first-order chi connectivity index (χ1) is 13.1. The normalized spacial score (nSPS) is 11.0. The number of rotatable bonds is 5. The first-order valence-electron chi connectivity index (χ1n) is 8.67. The van der Waals surface area contributed by atoms with Gasteiger partial charge in [-0.2, -0.15) is 0 Å². The predicted octanol–water partition coefficient (Wildman–Crippen LogP) is 4.71. The number of aryl methyl sites for hydroxylation is 1. The summed E-state index contributed by atoms with van der Waals surface area (Å²) in [5, 5.41) is 6.27. The van der Waals surface area contributed by atoms with Crippen molar-refractivity contribution in [2.24, 2.45) is 0 Å². The van der Waals surface area contributed by atoms with Crippen LogP contribution in [-0.2, 0) is 6.42 Å². The van der Waals surface area contributed by atoms with Crippen LogP contribution in [0.1, 0.15) is 21.7 Å². The lowest BCUT2D eigenvalue weighted by atomic mass is 10.2. The van der Waals surface area contributed by atoms with E-state index in [0.29, 0.717) is 29.6 Å². The molecule has 0 atom stereocenters. The number of thiazole rings is 1. The fourth-order valence-corrected chi connectivity index (χ4v) is 3.75. The molecule has 0 aliphatic heterocycles. The van der Waals surface area contributed by atoms with Crippen molar-refractivity contribution < 1.29 is 9.18 Å². The van der Waals surface area contributed by atoms with E-state index in [2.05, 4.69) is 46.5 Å². The zero-order valence-electron chi connectivity index (χ0n) is 14.8. The van der Waals surface area contributed by atoms with E-state index in [-0.39, 0.29) is 11.7 Å². The summed E-state index contributed by atoms with van der Waals surface area (Å²) < 4.78 is 13.7. The molecule has 27 heavy (non-hydrogen) atoms.